The molecule has 0 aliphatic carbocycles. The SMILES string of the molecule is CN(C)c1cccc(CNCCc2c3n(c4ccccc24)CCCC3)c1.Cl.Cl. The summed E-state index contributed by atoms with van der Waals surface area (Å²) in [6, 6.07) is 17.7. The number of nitrogens with zero attached hydrogens (tertiary/aromatic N) is 2. The molecule has 152 valence electrons. The molecular formula is C23H31Cl2N3. The number of hydrogen-bond acceptors (Lipinski definition) is 2. The highest BCUT2D eigenvalue weighted by Gasteiger charge is 2.18. The molecule has 1 aliphatic heterocycles. The van der Waals surface area contributed by atoms with Crippen molar-refractivity contribution in [3.8, 4) is 0 Å². The van der Waals surface area contributed by atoms with Gasteiger partial charge in [0.05, 0.1) is 0 Å². The van der Waals surface area contributed by atoms with Gasteiger partial charge in [-0.25, -0.2) is 0 Å². The van der Waals surface area contributed by atoms with Gasteiger partial charge in [0.2, 0.25) is 0 Å². The molecule has 0 amide bonds. The van der Waals surface area contributed by atoms with Crippen molar-refractivity contribution in [2.45, 2.75) is 38.8 Å². The molecule has 28 heavy (non-hydrogen) atoms. The van der Waals surface area contributed by atoms with Crippen LogP contribution in [0.3, 0.4) is 0 Å². The Labute approximate surface area is 180 Å². The molecule has 2 aromatic carbocycles. The van der Waals surface area contributed by atoms with Crippen molar-refractivity contribution < 1.29 is 0 Å². The van der Waals surface area contributed by atoms with E-state index in [1.165, 1.54) is 48.0 Å². The number of halogens is 2. The zero-order chi connectivity index (χ0) is 17.9. The highest BCUT2D eigenvalue weighted by Crippen LogP contribution is 2.30. The zero-order valence-electron chi connectivity index (χ0n) is 16.8. The maximum absolute atomic E-state index is 3.65. The second-order valence-electron chi connectivity index (χ2n) is 7.54. The van der Waals surface area contributed by atoms with Gasteiger partial charge in [-0.15, -0.1) is 24.8 Å². The minimum Gasteiger partial charge on any atom is -0.378 e. The fourth-order valence-electron chi connectivity index (χ4n) is 4.20. The molecule has 0 fully saturated rings. The van der Waals surface area contributed by atoms with Crippen molar-refractivity contribution in [1.29, 1.82) is 0 Å². The number of rotatable bonds is 6. The first kappa shape index (κ1) is 22.6. The Kier molecular flexibility index (Phi) is 8.23. The molecule has 0 unspecified atom stereocenters. The van der Waals surface area contributed by atoms with E-state index in [9.17, 15) is 0 Å². The quantitative estimate of drug-likeness (QED) is 0.552. The molecule has 1 aliphatic rings. The summed E-state index contributed by atoms with van der Waals surface area (Å²) in [4.78, 5) is 2.16. The standard InChI is InChI=1S/C23H29N3.2ClH/c1-25(2)19-9-7-8-18(16-19)17-24-14-13-21-20-10-3-4-11-22(20)26-15-6-5-12-23(21)26;;/h3-4,7-11,16,24H,5-6,12-15,17H2,1-2H3;2*1H. The first-order valence-electron chi connectivity index (χ1n) is 9.80. The van der Waals surface area contributed by atoms with Crippen LogP contribution in [0, 0.1) is 0 Å². The Morgan fingerprint density at radius 3 is 2.64 bits per heavy atom. The maximum atomic E-state index is 3.65. The Morgan fingerprint density at radius 2 is 1.82 bits per heavy atom. The average molecular weight is 420 g/mol. The predicted molar refractivity (Wildman–Crippen MR) is 126 cm³/mol. The third kappa shape index (κ3) is 4.65. The van der Waals surface area contributed by atoms with E-state index < -0.39 is 0 Å². The van der Waals surface area contributed by atoms with Gasteiger partial charge >= 0.3 is 0 Å². The van der Waals surface area contributed by atoms with Crippen LogP contribution in [0.25, 0.3) is 10.9 Å². The topological polar surface area (TPSA) is 20.2 Å². The second kappa shape index (κ2) is 10.2. The van der Waals surface area contributed by atoms with Gasteiger partial charge < -0.3 is 14.8 Å². The zero-order valence-corrected chi connectivity index (χ0v) is 18.4. The van der Waals surface area contributed by atoms with Crippen LogP contribution < -0.4 is 10.2 Å². The van der Waals surface area contributed by atoms with Crippen molar-refractivity contribution in [3.63, 3.8) is 0 Å². The fraction of sp³-hybridized carbons (Fsp3) is 0.391. The lowest BCUT2D eigenvalue weighted by Crippen LogP contribution is -2.18. The van der Waals surface area contributed by atoms with E-state index in [0.717, 1.165) is 19.5 Å². The highest BCUT2D eigenvalue weighted by molar-refractivity contribution is 5.86. The molecule has 0 atom stereocenters. The minimum absolute atomic E-state index is 0. The van der Waals surface area contributed by atoms with Gasteiger partial charge in [0.25, 0.3) is 0 Å². The number of anilines is 1. The summed E-state index contributed by atoms with van der Waals surface area (Å²) in [5.74, 6) is 0. The lowest BCUT2D eigenvalue weighted by Gasteiger charge is -2.17. The molecule has 2 heterocycles. The van der Waals surface area contributed by atoms with E-state index in [-0.39, 0.29) is 24.8 Å². The lowest BCUT2D eigenvalue weighted by atomic mass is 10.0. The first-order chi connectivity index (χ1) is 12.7. The predicted octanol–water partition coefficient (Wildman–Crippen LogP) is 5.22. The van der Waals surface area contributed by atoms with Crippen molar-refractivity contribution >= 4 is 41.4 Å². The number of hydrogen-bond donors (Lipinski definition) is 1. The highest BCUT2D eigenvalue weighted by atomic mass is 35.5. The van der Waals surface area contributed by atoms with Crippen LogP contribution in [0.4, 0.5) is 5.69 Å². The number of aromatic nitrogens is 1. The van der Waals surface area contributed by atoms with Gasteiger partial charge in [0.15, 0.2) is 0 Å². The summed E-state index contributed by atoms with van der Waals surface area (Å²) < 4.78 is 2.56. The largest absolute Gasteiger partial charge is 0.378 e. The Bertz CT molecular complexity index is 902. The molecule has 1 N–H and O–H groups in total. The molecule has 5 heteroatoms. The fourth-order valence-corrected chi connectivity index (χ4v) is 4.20. The van der Waals surface area contributed by atoms with E-state index >= 15 is 0 Å². The first-order valence-corrected chi connectivity index (χ1v) is 9.80. The summed E-state index contributed by atoms with van der Waals surface area (Å²) in [5.41, 5.74) is 7.18. The molecule has 3 nitrogen and oxygen atoms in total. The van der Waals surface area contributed by atoms with Crippen molar-refractivity contribution in [2.75, 3.05) is 25.5 Å². The molecule has 0 saturated heterocycles. The summed E-state index contributed by atoms with van der Waals surface area (Å²) in [7, 11) is 4.18. The van der Waals surface area contributed by atoms with Crippen LogP contribution in [-0.2, 0) is 25.9 Å². The summed E-state index contributed by atoms with van der Waals surface area (Å²) in [5, 5.41) is 5.11. The Balaban J connectivity index is 0.00000140. The Hall–Kier alpha value is -1.68. The van der Waals surface area contributed by atoms with Gasteiger partial charge in [-0.05, 0) is 61.6 Å². The molecule has 0 saturated carbocycles. The van der Waals surface area contributed by atoms with Crippen LogP contribution in [0.2, 0.25) is 0 Å². The van der Waals surface area contributed by atoms with Crippen LogP contribution in [0.5, 0.6) is 0 Å². The van der Waals surface area contributed by atoms with Crippen molar-refractivity contribution in [1.82, 2.24) is 9.88 Å². The van der Waals surface area contributed by atoms with E-state index in [1.54, 1.807) is 11.3 Å². The molecule has 4 rings (SSSR count). The molecule has 3 aromatic rings. The average Bonchev–Trinajstić information content (AvgIpc) is 3.00. The number of benzene rings is 2. The van der Waals surface area contributed by atoms with Crippen LogP contribution in [0.15, 0.2) is 48.5 Å². The molecule has 0 radical (unpaired) electrons. The van der Waals surface area contributed by atoms with Crippen molar-refractivity contribution in [2.24, 2.45) is 0 Å². The molecule has 1 aromatic heterocycles. The van der Waals surface area contributed by atoms with Gasteiger partial charge in [-0.1, -0.05) is 30.3 Å². The van der Waals surface area contributed by atoms with E-state index in [4.69, 9.17) is 0 Å². The van der Waals surface area contributed by atoms with Gasteiger partial charge in [-0.2, -0.15) is 0 Å². The van der Waals surface area contributed by atoms with E-state index in [2.05, 4.69) is 77.4 Å². The molecule has 0 spiro atoms. The van der Waals surface area contributed by atoms with Crippen molar-refractivity contribution in [3.05, 3.63) is 65.4 Å². The summed E-state index contributed by atoms with van der Waals surface area (Å²) >= 11 is 0. The summed E-state index contributed by atoms with van der Waals surface area (Å²) in [6.07, 6.45) is 4.98. The van der Waals surface area contributed by atoms with E-state index in [1.807, 2.05) is 0 Å². The Morgan fingerprint density at radius 1 is 1.00 bits per heavy atom. The monoisotopic (exact) mass is 419 g/mol. The van der Waals surface area contributed by atoms with E-state index in [0.29, 0.717) is 0 Å². The van der Waals surface area contributed by atoms with Crippen LogP contribution >= 0.6 is 24.8 Å². The van der Waals surface area contributed by atoms with Gasteiger partial charge in [0, 0.05) is 49.5 Å². The number of nitrogens with one attached hydrogen (secondary N) is 1. The smallest absolute Gasteiger partial charge is 0.0485 e. The molecular weight excluding hydrogens is 389 g/mol. The number of aryl methyl sites for hydroxylation is 1. The van der Waals surface area contributed by atoms with Gasteiger partial charge in [-0.3, -0.25) is 0 Å². The third-order valence-electron chi connectivity index (χ3n) is 5.55. The number of para-hydroxylation sites is 1. The van der Waals surface area contributed by atoms with Crippen LogP contribution in [0.1, 0.15) is 29.7 Å². The lowest BCUT2D eigenvalue weighted by molar-refractivity contribution is 0.539. The van der Waals surface area contributed by atoms with Crippen LogP contribution in [-0.4, -0.2) is 25.2 Å². The second-order valence-corrected chi connectivity index (χ2v) is 7.54. The molecule has 0 bridgehead atoms. The minimum atomic E-state index is 0. The summed E-state index contributed by atoms with van der Waals surface area (Å²) in [6.45, 7) is 3.13. The maximum Gasteiger partial charge on any atom is 0.0485 e. The third-order valence-corrected chi connectivity index (χ3v) is 5.55. The number of fused-ring (bicyclic) bond motifs is 3. The normalized spacial score (nSPS) is 12.8. The van der Waals surface area contributed by atoms with Gasteiger partial charge in [0.1, 0.15) is 0 Å².